The van der Waals surface area contributed by atoms with Crippen molar-refractivity contribution < 1.29 is 8.95 Å². The van der Waals surface area contributed by atoms with Crippen LogP contribution < -0.4 is 5.32 Å². The third-order valence-corrected chi connectivity index (χ3v) is 4.82. The fourth-order valence-corrected chi connectivity index (χ4v) is 3.44. The number of benzene rings is 1. The summed E-state index contributed by atoms with van der Waals surface area (Å²) in [5.74, 6) is 0. The molecule has 1 heterocycles. The Morgan fingerprint density at radius 2 is 1.85 bits per heavy atom. The molecule has 1 aromatic carbocycles. The molecule has 0 spiro atoms. The highest BCUT2D eigenvalue weighted by molar-refractivity contribution is 7.84. The second kappa shape index (κ2) is 5.58. The predicted octanol–water partition coefficient (Wildman–Crippen LogP) is 2.86. The average Bonchev–Trinajstić information content (AvgIpc) is 2.54. The Balaban J connectivity index is 1.97. The maximum absolute atomic E-state index is 11.4. The Morgan fingerprint density at radius 3 is 2.30 bits per heavy atom. The van der Waals surface area contributed by atoms with Crippen molar-refractivity contribution in [3.05, 3.63) is 29.8 Å². The van der Waals surface area contributed by atoms with E-state index in [2.05, 4.69) is 33.0 Å². The van der Waals surface area contributed by atoms with Gasteiger partial charge in [-0.2, -0.15) is 0 Å². The maximum atomic E-state index is 11.4. The Labute approximate surface area is 124 Å². The van der Waals surface area contributed by atoms with Gasteiger partial charge in [0.2, 0.25) is 0 Å². The molecular weight excluding hydrogens is 270 g/mol. The molecule has 0 bridgehead atoms. The van der Waals surface area contributed by atoms with Crippen LogP contribution in [0.5, 0.6) is 0 Å². The van der Waals surface area contributed by atoms with Crippen LogP contribution in [0.1, 0.15) is 39.7 Å². The van der Waals surface area contributed by atoms with Gasteiger partial charge in [-0.15, -0.1) is 0 Å². The van der Waals surface area contributed by atoms with E-state index in [1.165, 1.54) is 5.56 Å². The Kier molecular flexibility index (Phi) is 4.38. The van der Waals surface area contributed by atoms with Crippen molar-refractivity contribution in [1.29, 1.82) is 0 Å². The van der Waals surface area contributed by atoms with Crippen LogP contribution in [0.4, 0.5) is 0 Å². The minimum absolute atomic E-state index is 0.0653. The van der Waals surface area contributed by atoms with Crippen LogP contribution >= 0.6 is 0 Å². The van der Waals surface area contributed by atoms with Crippen LogP contribution in [0.15, 0.2) is 29.2 Å². The van der Waals surface area contributed by atoms with Gasteiger partial charge in [-0.1, -0.05) is 12.1 Å². The molecule has 1 aliphatic heterocycles. The van der Waals surface area contributed by atoms with Crippen molar-refractivity contribution in [1.82, 2.24) is 5.32 Å². The molecule has 1 fully saturated rings. The topological polar surface area (TPSA) is 38.3 Å². The molecule has 1 saturated heterocycles. The first-order chi connectivity index (χ1) is 9.20. The van der Waals surface area contributed by atoms with Crippen LogP contribution in [0, 0.1) is 0 Å². The average molecular weight is 295 g/mol. The molecular formula is C16H25NO2S. The first-order valence-electron chi connectivity index (χ1n) is 7.05. The first-order valence-corrected chi connectivity index (χ1v) is 8.61. The van der Waals surface area contributed by atoms with Crippen molar-refractivity contribution in [3.63, 3.8) is 0 Å². The molecule has 0 aromatic heterocycles. The van der Waals surface area contributed by atoms with Gasteiger partial charge in [0.15, 0.2) is 0 Å². The van der Waals surface area contributed by atoms with Crippen LogP contribution in [-0.4, -0.2) is 27.7 Å². The number of hydrogen-bond donors (Lipinski definition) is 1. The molecule has 0 amide bonds. The highest BCUT2D eigenvalue weighted by Gasteiger charge is 2.45. The van der Waals surface area contributed by atoms with Crippen molar-refractivity contribution in [2.45, 2.75) is 62.8 Å². The van der Waals surface area contributed by atoms with Gasteiger partial charge >= 0.3 is 0 Å². The third-order valence-electron chi connectivity index (χ3n) is 3.88. The normalized spacial score (nSPS) is 25.6. The van der Waals surface area contributed by atoms with E-state index in [1.807, 2.05) is 24.3 Å². The fraction of sp³-hybridized carbons (Fsp3) is 0.625. The molecule has 4 heteroatoms. The molecule has 0 saturated carbocycles. The number of nitrogens with one attached hydrogen (secondary N) is 1. The van der Waals surface area contributed by atoms with Gasteiger partial charge in [-0.05, 0) is 51.8 Å². The zero-order valence-corrected chi connectivity index (χ0v) is 13.8. The van der Waals surface area contributed by atoms with Crippen LogP contribution in [0.3, 0.4) is 0 Å². The molecule has 1 aliphatic rings. The highest BCUT2D eigenvalue weighted by atomic mass is 32.2. The smallest absolute Gasteiger partial charge is 0.0787 e. The molecule has 2 atom stereocenters. The van der Waals surface area contributed by atoms with E-state index < -0.39 is 10.8 Å². The first kappa shape index (κ1) is 15.7. The second-order valence-electron chi connectivity index (χ2n) is 6.70. The summed E-state index contributed by atoms with van der Waals surface area (Å²) in [6, 6.07) is 8.30. The van der Waals surface area contributed by atoms with E-state index in [-0.39, 0.29) is 11.2 Å². The van der Waals surface area contributed by atoms with E-state index in [4.69, 9.17) is 4.74 Å². The summed E-state index contributed by atoms with van der Waals surface area (Å²) < 4.78 is 17.4. The van der Waals surface area contributed by atoms with Gasteiger partial charge in [-0.3, -0.25) is 4.21 Å². The molecule has 0 unspecified atom stereocenters. The highest BCUT2D eigenvalue weighted by Crippen LogP contribution is 2.37. The number of hydrogen-bond acceptors (Lipinski definition) is 3. The summed E-state index contributed by atoms with van der Waals surface area (Å²) in [6.07, 6.45) is 2.71. The van der Waals surface area contributed by atoms with E-state index >= 15 is 0 Å². The van der Waals surface area contributed by atoms with E-state index in [1.54, 1.807) is 6.26 Å². The van der Waals surface area contributed by atoms with Crippen LogP contribution in [0.2, 0.25) is 0 Å². The minimum Gasteiger partial charge on any atom is -0.368 e. The van der Waals surface area contributed by atoms with Crippen molar-refractivity contribution >= 4 is 10.8 Å². The SMILES string of the molecule is C[S@@](=O)c1ccc(CN[C@@H]2CC(C)(C)OC2(C)C)cc1. The predicted molar refractivity (Wildman–Crippen MR) is 83.3 cm³/mol. The lowest BCUT2D eigenvalue weighted by Crippen LogP contribution is -2.42. The van der Waals surface area contributed by atoms with Crippen molar-refractivity contribution in [2.24, 2.45) is 0 Å². The van der Waals surface area contributed by atoms with Crippen molar-refractivity contribution in [3.8, 4) is 0 Å². The Hall–Kier alpha value is -0.710. The van der Waals surface area contributed by atoms with Crippen LogP contribution in [-0.2, 0) is 22.1 Å². The quantitative estimate of drug-likeness (QED) is 0.928. The zero-order chi connectivity index (χ0) is 15.0. The van der Waals surface area contributed by atoms with Crippen LogP contribution in [0.25, 0.3) is 0 Å². The molecule has 112 valence electrons. The monoisotopic (exact) mass is 295 g/mol. The van der Waals surface area contributed by atoms with Gasteiger partial charge in [-0.25, -0.2) is 0 Å². The lowest BCUT2D eigenvalue weighted by molar-refractivity contribution is -0.0699. The minimum atomic E-state index is -0.906. The zero-order valence-electron chi connectivity index (χ0n) is 13.0. The summed E-state index contributed by atoms with van der Waals surface area (Å²) in [4.78, 5) is 0.874. The third kappa shape index (κ3) is 3.68. The summed E-state index contributed by atoms with van der Waals surface area (Å²) in [5, 5.41) is 3.59. The van der Waals surface area contributed by atoms with Gasteiger partial charge < -0.3 is 10.1 Å². The van der Waals surface area contributed by atoms with Gasteiger partial charge in [0.25, 0.3) is 0 Å². The van der Waals surface area contributed by atoms with E-state index in [0.717, 1.165) is 17.9 Å². The molecule has 1 aromatic rings. The van der Waals surface area contributed by atoms with E-state index in [0.29, 0.717) is 6.04 Å². The van der Waals surface area contributed by atoms with Crippen molar-refractivity contribution in [2.75, 3.05) is 6.26 Å². The second-order valence-corrected chi connectivity index (χ2v) is 8.08. The largest absolute Gasteiger partial charge is 0.368 e. The van der Waals surface area contributed by atoms with Gasteiger partial charge in [0, 0.05) is 34.5 Å². The standard InChI is InChI=1S/C16H25NO2S/c1-15(2)10-14(16(3,4)19-15)17-11-12-6-8-13(9-7-12)20(5)18/h6-9,14,17H,10-11H2,1-5H3/t14-,20-/m1/s1. The molecule has 1 N–H and O–H groups in total. The molecule has 3 nitrogen and oxygen atoms in total. The Morgan fingerprint density at radius 1 is 1.25 bits per heavy atom. The molecule has 20 heavy (non-hydrogen) atoms. The molecule has 2 rings (SSSR count). The lowest BCUT2D eigenvalue weighted by atomic mass is 9.94. The summed E-state index contributed by atoms with van der Waals surface area (Å²) in [7, 11) is -0.906. The lowest BCUT2D eigenvalue weighted by Gasteiger charge is -2.28. The Bertz CT molecular complexity index is 494. The summed E-state index contributed by atoms with van der Waals surface area (Å²) >= 11 is 0. The fourth-order valence-electron chi connectivity index (χ4n) is 2.92. The molecule has 0 aliphatic carbocycles. The summed E-state index contributed by atoms with van der Waals surface area (Å²) in [5.41, 5.74) is 0.998. The number of ether oxygens (including phenoxy) is 1. The van der Waals surface area contributed by atoms with Gasteiger partial charge in [0.1, 0.15) is 0 Å². The maximum Gasteiger partial charge on any atom is 0.0787 e. The van der Waals surface area contributed by atoms with Gasteiger partial charge in [0.05, 0.1) is 11.2 Å². The number of rotatable bonds is 4. The molecule has 0 radical (unpaired) electrons. The van der Waals surface area contributed by atoms with E-state index in [9.17, 15) is 4.21 Å². The summed E-state index contributed by atoms with van der Waals surface area (Å²) in [6.45, 7) is 9.37.